The minimum Gasteiger partial charge on any atom is -0.494 e. The highest BCUT2D eigenvalue weighted by molar-refractivity contribution is 5.86. The van der Waals surface area contributed by atoms with Crippen LogP contribution in [0.25, 0.3) is 10.8 Å². The number of carbonyl (C=O) groups is 1. The third-order valence-electron chi connectivity index (χ3n) is 5.77. The van der Waals surface area contributed by atoms with Gasteiger partial charge in [-0.15, -0.1) is 0 Å². The van der Waals surface area contributed by atoms with Gasteiger partial charge in [-0.25, -0.2) is 4.39 Å². The second-order valence-electron chi connectivity index (χ2n) is 7.45. The van der Waals surface area contributed by atoms with Crippen LogP contribution in [0.1, 0.15) is 36.4 Å². The van der Waals surface area contributed by atoms with Crippen LogP contribution in [0, 0.1) is 5.82 Å². The van der Waals surface area contributed by atoms with Crippen LogP contribution in [0.4, 0.5) is 4.39 Å². The van der Waals surface area contributed by atoms with E-state index < -0.39 is 17.8 Å². The molecule has 1 heterocycles. The van der Waals surface area contributed by atoms with E-state index in [0.717, 1.165) is 34.7 Å². The molecular weight excluding hydrogens is 369 g/mol. The Bertz CT molecular complexity index is 1030. The van der Waals surface area contributed by atoms with Crippen molar-refractivity contribution in [2.45, 2.75) is 31.3 Å². The van der Waals surface area contributed by atoms with E-state index in [1.165, 1.54) is 13.2 Å². The second kappa shape index (κ2) is 8.21. The Labute approximate surface area is 169 Å². The summed E-state index contributed by atoms with van der Waals surface area (Å²) in [4.78, 5) is 14.0. The fraction of sp³-hybridized carbons (Fsp3) is 0.292. The predicted octanol–water partition coefficient (Wildman–Crippen LogP) is 5.02. The zero-order valence-corrected chi connectivity index (χ0v) is 16.3. The third kappa shape index (κ3) is 3.70. The molecule has 0 aromatic heterocycles. The molecule has 3 aromatic carbocycles. The van der Waals surface area contributed by atoms with Crippen LogP contribution in [0.15, 0.2) is 60.7 Å². The summed E-state index contributed by atoms with van der Waals surface area (Å²) in [7, 11) is 1.44. The Morgan fingerprint density at radius 1 is 1.14 bits per heavy atom. The number of aliphatic carboxylic acids is 1. The molecule has 0 radical (unpaired) electrons. The molecule has 0 amide bonds. The Morgan fingerprint density at radius 3 is 2.69 bits per heavy atom. The monoisotopic (exact) mass is 393 g/mol. The smallest absolute Gasteiger partial charge is 0.320 e. The van der Waals surface area contributed by atoms with Gasteiger partial charge in [0, 0.05) is 0 Å². The van der Waals surface area contributed by atoms with Crippen molar-refractivity contribution in [3.8, 4) is 5.75 Å². The fourth-order valence-corrected chi connectivity index (χ4v) is 4.42. The summed E-state index contributed by atoms with van der Waals surface area (Å²) < 4.78 is 19.7. The Morgan fingerprint density at radius 2 is 1.93 bits per heavy atom. The van der Waals surface area contributed by atoms with E-state index in [1.54, 1.807) is 6.07 Å². The van der Waals surface area contributed by atoms with Crippen molar-refractivity contribution in [2.24, 2.45) is 0 Å². The van der Waals surface area contributed by atoms with E-state index in [4.69, 9.17) is 4.74 Å². The SMILES string of the molecule is COc1ccc(C(c2cccc3ccccc23)N2CCCCC2C(=O)O)cc1F. The number of halogens is 1. The zero-order chi connectivity index (χ0) is 20.4. The molecular formula is C24H24FNO3. The van der Waals surface area contributed by atoms with Crippen LogP contribution >= 0.6 is 0 Å². The maximum atomic E-state index is 14.6. The van der Waals surface area contributed by atoms with E-state index in [9.17, 15) is 14.3 Å². The Balaban J connectivity index is 1.91. The molecule has 3 aromatic rings. The molecule has 0 aliphatic carbocycles. The molecule has 4 nitrogen and oxygen atoms in total. The lowest BCUT2D eigenvalue weighted by Crippen LogP contribution is -2.46. The van der Waals surface area contributed by atoms with Gasteiger partial charge in [0.25, 0.3) is 0 Å². The molecule has 29 heavy (non-hydrogen) atoms. The number of piperidine rings is 1. The number of carboxylic acids is 1. The van der Waals surface area contributed by atoms with Crippen LogP contribution in [-0.4, -0.2) is 35.7 Å². The van der Waals surface area contributed by atoms with Gasteiger partial charge in [-0.05, 0) is 53.4 Å². The summed E-state index contributed by atoms with van der Waals surface area (Å²) in [6, 6.07) is 18.0. The fourth-order valence-electron chi connectivity index (χ4n) is 4.42. The average Bonchev–Trinajstić information content (AvgIpc) is 2.74. The van der Waals surface area contributed by atoms with E-state index in [1.807, 2.05) is 53.4 Å². The number of hydrogen-bond acceptors (Lipinski definition) is 3. The topological polar surface area (TPSA) is 49.8 Å². The molecule has 1 saturated heterocycles. The van der Waals surface area contributed by atoms with Crippen molar-refractivity contribution in [1.29, 1.82) is 0 Å². The highest BCUT2D eigenvalue weighted by Crippen LogP contribution is 2.38. The van der Waals surface area contributed by atoms with E-state index in [-0.39, 0.29) is 11.8 Å². The number of fused-ring (bicyclic) bond motifs is 1. The lowest BCUT2D eigenvalue weighted by Gasteiger charge is -2.40. The van der Waals surface area contributed by atoms with Gasteiger partial charge in [0.2, 0.25) is 0 Å². The molecule has 2 atom stereocenters. The lowest BCUT2D eigenvalue weighted by atomic mass is 9.89. The second-order valence-corrected chi connectivity index (χ2v) is 7.45. The maximum Gasteiger partial charge on any atom is 0.320 e. The predicted molar refractivity (Wildman–Crippen MR) is 111 cm³/mol. The van der Waals surface area contributed by atoms with Gasteiger partial charge in [-0.3, -0.25) is 9.69 Å². The van der Waals surface area contributed by atoms with Gasteiger partial charge in [0.15, 0.2) is 11.6 Å². The highest BCUT2D eigenvalue weighted by Gasteiger charge is 2.36. The van der Waals surface area contributed by atoms with Crippen molar-refractivity contribution < 1.29 is 19.0 Å². The quantitative estimate of drug-likeness (QED) is 0.662. The summed E-state index contributed by atoms with van der Waals surface area (Å²) in [5.74, 6) is -1.10. The van der Waals surface area contributed by atoms with Crippen molar-refractivity contribution >= 4 is 16.7 Å². The molecule has 1 N–H and O–H groups in total. The van der Waals surface area contributed by atoms with Crippen LogP contribution in [0.5, 0.6) is 5.75 Å². The largest absolute Gasteiger partial charge is 0.494 e. The molecule has 2 unspecified atom stereocenters. The van der Waals surface area contributed by atoms with Crippen molar-refractivity contribution in [2.75, 3.05) is 13.7 Å². The number of rotatable bonds is 5. The number of hydrogen-bond donors (Lipinski definition) is 1. The van der Waals surface area contributed by atoms with Gasteiger partial charge < -0.3 is 9.84 Å². The first kappa shape index (κ1) is 19.4. The minimum absolute atomic E-state index is 0.179. The summed E-state index contributed by atoms with van der Waals surface area (Å²) in [5, 5.41) is 12.0. The van der Waals surface area contributed by atoms with Crippen molar-refractivity contribution in [3.63, 3.8) is 0 Å². The first-order chi connectivity index (χ1) is 14.1. The zero-order valence-electron chi connectivity index (χ0n) is 16.3. The van der Waals surface area contributed by atoms with Crippen LogP contribution in [0.2, 0.25) is 0 Å². The standard InChI is InChI=1S/C24H24FNO3/c1-29-22-13-12-17(15-20(22)25)23(26-14-5-4-11-21(26)24(27)28)19-10-6-8-16-7-2-3-9-18(16)19/h2-3,6-10,12-13,15,21,23H,4-5,11,14H2,1H3,(H,27,28). The molecule has 1 fully saturated rings. The number of carboxylic acid groups (broad SMARTS) is 1. The van der Waals surface area contributed by atoms with Crippen molar-refractivity contribution in [3.05, 3.63) is 77.6 Å². The number of likely N-dealkylation sites (tertiary alicyclic amines) is 1. The van der Waals surface area contributed by atoms with Gasteiger partial charge in [-0.2, -0.15) is 0 Å². The summed E-state index contributed by atoms with van der Waals surface area (Å²) >= 11 is 0. The van der Waals surface area contributed by atoms with Crippen LogP contribution in [-0.2, 0) is 4.79 Å². The summed E-state index contributed by atoms with van der Waals surface area (Å²) in [6.07, 6.45) is 2.39. The lowest BCUT2D eigenvalue weighted by molar-refractivity contribution is -0.145. The van der Waals surface area contributed by atoms with Crippen molar-refractivity contribution in [1.82, 2.24) is 4.90 Å². The first-order valence-corrected chi connectivity index (χ1v) is 9.90. The van der Waals surface area contributed by atoms with E-state index in [0.29, 0.717) is 13.0 Å². The third-order valence-corrected chi connectivity index (χ3v) is 5.77. The normalized spacial score (nSPS) is 18.5. The molecule has 0 saturated carbocycles. The van der Waals surface area contributed by atoms with Gasteiger partial charge in [0.05, 0.1) is 13.2 Å². The molecule has 1 aliphatic rings. The Hall–Kier alpha value is -2.92. The van der Waals surface area contributed by atoms with Gasteiger partial charge >= 0.3 is 5.97 Å². The van der Waals surface area contributed by atoms with Crippen LogP contribution in [0.3, 0.4) is 0 Å². The molecule has 0 bridgehead atoms. The van der Waals surface area contributed by atoms with E-state index in [2.05, 4.69) is 0 Å². The molecule has 150 valence electrons. The maximum absolute atomic E-state index is 14.6. The van der Waals surface area contributed by atoms with Gasteiger partial charge in [-0.1, -0.05) is 55.0 Å². The number of methoxy groups -OCH3 is 1. The Kier molecular flexibility index (Phi) is 5.49. The molecule has 4 rings (SSSR count). The number of benzene rings is 3. The molecule has 5 heteroatoms. The average molecular weight is 393 g/mol. The molecule has 1 aliphatic heterocycles. The summed E-state index contributed by atoms with van der Waals surface area (Å²) in [5.41, 5.74) is 1.72. The number of nitrogens with zero attached hydrogens (tertiary/aromatic N) is 1. The van der Waals surface area contributed by atoms with E-state index >= 15 is 0 Å². The number of ether oxygens (including phenoxy) is 1. The van der Waals surface area contributed by atoms with Gasteiger partial charge in [0.1, 0.15) is 6.04 Å². The summed E-state index contributed by atoms with van der Waals surface area (Å²) in [6.45, 7) is 0.651. The first-order valence-electron chi connectivity index (χ1n) is 9.90. The highest BCUT2D eigenvalue weighted by atomic mass is 19.1. The van der Waals surface area contributed by atoms with Crippen LogP contribution < -0.4 is 4.74 Å². The molecule has 0 spiro atoms. The minimum atomic E-state index is -0.830.